The van der Waals surface area contributed by atoms with Crippen molar-refractivity contribution in [3.63, 3.8) is 0 Å². The predicted octanol–water partition coefficient (Wildman–Crippen LogP) is 4.63. The number of carbonyl (C=O) groups is 3. The summed E-state index contributed by atoms with van der Waals surface area (Å²) in [6, 6.07) is 15.5. The van der Waals surface area contributed by atoms with Crippen molar-refractivity contribution in [3.8, 4) is 5.75 Å². The van der Waals surface area contributed by atoms with Crippen LogP contribution < -0.4 is 10.6 Å². The van der Waals surface area contributed by atoms with Gasteiger partial charge in [-0.25, -0.2) is 0 Å². The van der Waals surface area contributed by atoms with Gasteiger partial charge in [-0.05, 0) is 67.9 Å². The Kier molecular flexibility index (Phi) is 8.10. The van der Waals surface area contributed by atoms with E-state index in [1.807, 2.05) is 52.0 Å². The Bertz CT molecular complexity index is 1440. The van der Waals surface area contributed by atoms with Gasteiger partial charge in [-0.1, -0.05) is 69.2 Å². The van der Waals surface area contributed by atoms with Crippen molar-refractivity contribution in [3.05, 3.63) is 88.7 Å². The van der Waals surface area contributed by atoms with Gasteiger partial charge < -0.3 is 20.6 Å². The molecule has 0 saturated carbocycles. The molecule has 3 aromatic rings. The average Bonchev–Trinajstić information content (AvgIpc) is 3.39. The monoisotopic (exact) mass is 554 g/mol. The van der Waals surface area contributed by atoms with Crippen LogP contribution in [-0.4, -0.2) is 44.8 Å². The van der Waals surface area contributed by atoms with E-state index in [1.165, 1.54) is 22.1 Å². The zero-order valence-corrected chi connectivity index (χ0v) is 24.1. The Morgan fingerprint density at radius 2 is 1.63 bits per heavy atom. The molecule has 214 valence electrons. The highest BCUT2D eigenvalue weighted by atomic mass is 16.3. The number of pyridine rings is 1. The van der Waals surface area contributed by atoms with E-state index in [1.54, 1.807) is 18.2 Å². The van der Waals surface area contributed by atoms with Gasteiger partial charge in [0.05, 0.1) is 5.69 Å². The number of fused-ring (bicyclic) bond motifs is 1. The molecule has 3 atom stereocenters. The van der Waals surface area contributed by atoms with E-state index < -0.39 is 24.0 Å². The normalized spacial score (nSPS) is 19.7. The number of nitrogens with one attached hydrogen (secondary N) is 2. The minimum absolute atomic E-state index is 0.0841. The second-order valence-corrected chi connectivity index (χ2v) is 11.2. The van der Waals surface area contributed by atoms with Gasteiger partial charge in [0.2, 0.25) is 11.8 Å². The summed E-state index contributed by atoms with van der Waals surface area (Å²) < 4.78 is 0. The molecular formula is C33H38N4O4. The van der Waals surface area contributed by atoms with Gasteiger partial charge in [0, 0.05) is 17.0 Å². The van der Waals surface area contributed by atoms with Crippen LogP contribution in [0.1, 0.15) is 60.8 Å². The molecule has 1 aliphatic carbocycles. The summed E-state index contributed by atoms with van der Waals surface area (Å²) in [7, 11) is 0. The number of rotatable bonds is 8. The molecule has 0 radical (unpaired) electrons. The number of aromatic hydroxyl groups is 1. The number of nitrogens with zero attached hydrogens (tertiary/aromatic N) is 2. The van der Waals surface area contributed by atoms with Crippen LogP contribution in [0.4, 0.5) is 5.69 Å². The fraction of sp³-hybridized carbons (Fsp3) is 0.394. The lowest BCUT2D eigenvalue weighted by atomic mass is 9.84. The molecule has 8 heteroatoms. The third-order valence-corrected chi connectivity index (χ3v) is 8.68. The van der Waals surface area contributed by atoms with Crippen LogP contribution in [0.15, 0.2) is 60.7 Å². The summed E-state index contributed by atoms with van der Waals surface area (Å²) in [5.41, 5.74) is 4.54. The van der Waals surface area contributed by atoms with Crippen LogP contribution in [0.2, 0.25) is 0 Å². The van der Waals surface area contributed by atoms with E-state index in [2.05, 4.69) is 27.8 Å². The first-order valence-electron chi connectivity index (χ1n) is 14.5. The molecule has 1 aliphatic heterocycles. The van der Waals surface area contributed by atoms with Crippen molar-refractivity contribution < 1.29 is 19.5 Å². The number of piperazine rings is 1. The van der Waals surface area contributed by atoms with Crippen LogP contribution in [0.3, 0.4) is 0 Å². The topological polar surface area (TPSA) is 112 Å². The molecule has 3 N–H and O–H groups in total. The van der Waals surface area contributed by atoms with Crippen molar-refractivity contribution >= 4 is 23.4 Å². The molecule has 0 spiro atoms. The molecule has 1 fully saturated rings. The molecule has 3 unspecified atom stereocenters. The van der Waals surface area contributed by atoms with Gasteiger partial charge >= 0.3 is 0 Å². The number of aryl methyl sites for hydroxylation is 2. The Hall–Kier alpha value is -4.20. The number of hydrogen-bond donors (Lipinski definition) is 3. The zero-order chi connectivity index (χ0) is 29.3. The van der Waals surface area contributed by atoms with Crippen LogP contribution in [-0.2, 0) is 27.2 Å². The fourth-order valence-corrected chi connectivity index (χ4v) is 6.52. The van der Waals surface area contributed by atoms with Gasteiger partial charge in [0.1, 0.15) is 23.9 Å². The number of phenols is 1. The molecule has 2 aromatic carbocycles. The Balaban J connectivity index is 1.61. The van der Waals surface area contributed by atoms with Gasteiger partial charge in [0.15, 0.2) is 0 Å². The summed E-state index contributed by atoms with van der Waals surface area (Å²) in [5.74, 6) is -1.37. The fourth-order valence-electron chi connectivity index (χ4n) is 6.52. The van der Waals surface area contributed by atoms with Crippen LogP contribution in [0, 0.1) is 25.7 Å². The van der Waals surface area contributed by atoms with E-state index in [4.69, 9.17) is 0 Å². The summed E-state index contributed by atoms with van der Waals surface area (Å²) in [5, 5.41) is 16.3. The van der Waals surface area contributed by atoms with Gasteiger partial charge in [-0.2, -0.15) is 0 Å². The molecule has 2 aliphatic rings. The molecule has 2 heterocycles. The highest BCUT2D eigenvalue weighted by Crippen LogP contribution is 2.38. The lowest BCUT2D eigenvalue weighted by molar-refractivity contribution is -0.159. The van der Waals surface area contributed by atoms with Gasteiger partial charge in [-0.3, -0.25) is 19.4 Å². The second-order valence-electron chi connectivity index (χ2n) is 11.2. The summed E-state index contributed by atoms with van der Waals surface area (Å²) in [6.45, 7) is 7.68. The molecular weight excluding hydrogens is 516 g/mol. The molecule has 5 rings (SSSR count). The van der Waals surface area contributed by atoms with Gasteiger partial charge in [-0.15, -0.1) is 0 Å². The van der Waals surface area contributed by atoms with E-state index in [0.717, 1.165) is 5.69 Å². The lowest BCUT2D eigenvalue weighted by Crippen LogP contribution is -2.68. The van der Waals surface area contributed by atoms with E-state index in [0.29, 0.717) is 36.9 Å². The van der Waals surface area contributed by atoms with E-state index in [9.17, 15) is 19.5 Å². The number of para-hydroxylation sites is 2. The maximum absolute atomic E-state index is 14.6. The maximum Gasteiger partial charge on any atom is 0.252 e. The predicted molar refractivity (Wildman–Crippen MR) is 157 cm³/mol. The average molecular weight is 555 g/mol. The first-order chi connectivity index (χ1) is 19.7. The molecule has 41 heavy (non-hydrogen) atoms. The first-order valence-corrected chi connectivity index (χ1v) is 14.5. The minimum atomic E-state index is -1.13. The molecule has 3 amide bonds. The van der Waals surface area contributed by atoms with Crippen molar-refractivity contribution in [1.82, 2.24) is 15.2 Å². The summed E-state index contributed by atoms with van der Waals surface area (Å²) in [6.07, 6.45) is 2.68. The van der Waals surface area contributed by atoms with Crippen molar-refractivity contribution in [1.29, 1.82) is 0 Å². The quantitative estimate of drug-likeness (QED) is 0.352. The van der Waals surface area contributed by atoms with Crippen LogP contribution in [0.25, 0.3) is 0 Å². The van der Waals surface area contributed by atoms with Crippen LogP contribution in [0.5, 0.6) is 5.75 Å². The number of hydrogen-bond acceptors (Lipinski definition) is 5. The van der Waals surface area contributed by atoms with E-state index in [-0.39, 0.29) is 35.1 Å². The third-order valence-electron chi connectivity index (χ3n) is 8.68. The number of aromatic nitrogens is 1. The lowest BCUT2D eigenvalue weighted by Gasteiger charge is -2.46. The maximum atomic E-state index is 14.6. The Labute approximate surface area is 241 Å². The molecule has 1 saturated heterocycles. The number of carbonyl (C=O) groups excluding carboxylic acids is 3. The smallest absolute Gasteiger partial charge is 0.252 e. The Morgan fingerprint density at radius 1 is 1.00 bits per heavy atom. The van der Waals surface area contributed by atoms with Gasteiger partial charge in [0.25, 0.3) is 5.91 Å². The van der Waals surface area contributed by atoms with E-state index >= 15 is 0 Å². The first kappa shape index (κ1) is 28.3. The van der Waals surface area contributed by atoms with Crippen molar-refractivity contribution in [2.45, 2.75) is 71.5 Å². The number of amides is 3. The second kappa shape index (κ2) is 11.7. The van der Waals surface area contributed by atoms with Crippen molar-refractivity contribution in [2.75, 3.05) is 5.32 Å². The largest absolute Gasteiger partial charge is 0.506 e. The standard InChI is InChI=1S/C33H38N4O4/c1-5-21(6-2)29-31(39)36-28(24-17-22-11-7-8-12-23(22)18-24)33(41)37(29)30(25-16-15-19(3)34-20(25)4)32(40)35-26-13-9-10-14-27(26)38/h7-16,21,24,28-30,38H,5-6,17-18H2,1-4H3,(H,35,40)(H,36,39). The molecule has 0 bridgehead atoms. The Morgan fingerprint density at radius 3 is 2.24 bits per heavy atom. The van der Waals surface area contributed by atoms with Crippen LogP contribution >= 0.6 is 0 Å². The molecule has 1 aromatic heterocycles. The highest BCUT2D eigenvalue weighted by molar-refractivity contribution is 6.03. The third kappa shape index (κ3) is 5.43. The zero-order valence-electron chi connectivity index (χ0n) is 24.1. The number of anilines is 1. The molecule has 8 nitrogen and oxygen atoms in total. The SMILES string of the molecule is CCC(CC)C1C(=O)NC(C2Cc3ccccc3C2)C(=O)N1C(C(=O)Nc1ccccc1O)c1ccc(C)nc1C. The minimum Gasteiger partial charge on any atom is -0.506 e. The number of phenolic OH excluding ortho intramolecular Hbond substituents is 1. The number of benzene rings is 2. The summed E-state index contributed by atoms with van der Waals surface area (Å²) in [4.78, 5) is 49.0. The summed E-state index contributed by atoms with van der Waals surface area (Å²) >= 11 is 0. The highest BCUT2D eigenvalue weighted by Gasteiger charge is 2.51. The van der Waals surface area contributed by atoms with Crippen molar-refractivity contribution in [2.24, 2.45) is 11.8 Å².